The smallest absolute Gasteiger partial charge is 0.240 e. The molecule has 3 N–H and O–H groups in total. The van der Waals surface area contributed by atoms with E-state index in [1.165, 1.54) is 0 Å². The van der Waals surface area contributed by atoms with Crippen molar-refractivity contribution < 1.29 is 13.2 Å². The van der Waals surface area contributed by atoms with Crippen LogP contribution < -0.4 is 15.4 Å². The Bertz CT molecular complexity index is 628. The summed E-state index contributed by atoms with van der Waals surface area (Å²) in [5.74, 6) is 0.127. The highest BCUT2D eigenvalue weighted by Crippen LogP contribution is 2.16. The number of hydrogen-bond donors (Lipinski definition) is 3. The maximum absolute atomic E-state index is 12.2. The first kappa shape index (κ1) is 17.9. The van der Waals surface area contributed by atoms with Crippen molar-refractivity contribution in [3.63, 3.8) is 0 Å². The van der Waals surface area contributed by atoms with E-state index in [1.807, 2.05) is 0 Å². The predicted molar refractivity (Wildman–Crippen MR) is 89.3 cm³/mol. The molecule has 1 aliphatic heterocycles. The van der Waals surface area contributed by atoms with Crippen LogP contribution in [0, 0.1) is 5.92 Å². The Kier molecular flexibility index (Phi) is 6.15. The molecule has 1 aromatic carbocycles. The number of amides is 1. The normalized spacial score (nSPS) is 21.8. The monoisotopic (exact) mass is 339 g/mol. The lowest BCUT2D eigenvalue weighted by Crippen LogP contribution is -2.42. The van der Waals surface area contributed by atoms with Gasteiger partial charge in [0, 0.05) is 25.0 Å². The second-order valence-electron chi connectivity index (χ2n) is 5.94. The van der Waals surface area contributed by atoms with Crippen molar-refractivity contribution in [3.8, 4) is 0 Å². The summed E-state index contributed by atoms with van der Waals surface area (Å²) in [6, 6.07) is 6.96. The van der Waals surface area contributed by atoms with Crippen LogP contribution in [-0.4, -0.2) is 33.5 Å². The third-order valence-electron chi connectivity index (χ3n) is 4.03. The summed E-state index contributed by atoms with van der Waals surface area (Å²) in [4.78, 5) is 12.4. The molecule has 1 fully saturated rings. The Morgan fingerprint density at radius 2 is 2.00 bits per heavy atom. The first-order chi connectivity index (χ1) is 10.9. The summed E-state index contributed by atoms with van der Waals surface area (Å²) in [6.07, 6.45) is 1.71. The fraction of sp³-hybridized carbons (Fsp3) is 0.562. The van der Waals surface area contributed by atoms with Gasteiger partial charge >= 0.3 is 0 Å². The van der Waals surface area contributed by atoms with E-state index in [2.05, 4.69) is 22.3 Å². The molecule has 1 heterocycles. The van der Waals surface area contributed by atoms with Gasteiger partial charge in [0.25, 0.3) is 0 Å². The lowest BCUT2D eigenvalue weighted by Gasteiger charge is -2.27. The van der Waals surface area contributed by atoms with Gasteiger partial charge in [-0.05, 0) is 44.0 Å². The summed E-state index contributed by atoms with van der Waals surface area (Å²) in [6.45, 7) is 5.47. The zero-order chi connectivity index (χ0) is 16.9. The Morgan fingerprint density at radius 3 is 2.61 bits per heavy atom. The average molecular weight is 339 g/mol. The van der Waals surface area contributed by atoms with Crippen molar-refractivity contribution in [3.05, 3.63) is 29.8 Å². The molecule has 0 saturated carbocycles. The molecule has 1 saturated heterocycles. The van der Waals surface area contributed by atoms with Crippen LogP contribution in [0.3, 0.4) is 0 Å². The van der Waals surface area contributed by atoms with E-state index in [9.17, 15) is 13.2 Å². The van der Waals surface area contributed by atoms with Gasteiger partial charge in [0.05, 0.1) is 4.90 Å². The minimum atomic E-state index is -3.43. The maximum atomic E-state index is 12.2. The fourth-order valence-corrected chi connectivity index (χ4v) is 3.80. The quantitative estimate of drug-likeness (QED) is 0.721. The Morgan fingerprint density at radius 1 is 1.30 bits per heavy atom. The van der Waals surface area contributed by atoms with E-state index < -0.39 is 10.0 Å². The van der Waals surface area contributed by atoms with Gasteiger partial charge in [0.1, 0.15) is 0 Å². The molecule has 0 unspecified atom stereocenters. The minimum Gasteiger partial charge on any atom is -0.352 e. The van der Waals surface area contributed by atoms with Crippen molar-refractivity contribution in [2.75, 3.05) is 13.1 Å². The van der Waals surface area contributed by atoms with Gasteiger partial charge in [0.2, 0.25) is 15.9 Å². The van der Waals surface area contributed by atoms with Gasteiger partial charge in [0.15, 0.2) is 0 Å². The summed E-state index contributed by atoms with van der Waals surface area (Å²) in [5.41, 5.74) is 0.885. The second-order valence-corrected chi connectivity index (χ2v) is 7.71. The third-order valence-corrected chi connectivity index (χ3v) is 5.59. The lowest BCUT2D eigenvalue weighted by molar-refractivity contribution is -0.126. The SMILES string of the molecule is CCNS(=O)(=O)c1ccc(CNC(=O)[C@H]2CCN[C@@H](C)C2)cc1. The predicted octanol–water partition coefficient (Wildman–Crippen LogP) is 0.989. The van der Waals surface area contributed by atoms with Crippen molar-refractivity contribution in [2.24, 2.45) is 5.92 Å². The summed E-state index contributed by atoms with van der Waals surface area (Å²) in [5, 5.41) is 6.27. The van der Waals surface area contributed by atoms with Crippen molar-refractivity contribution in [2.45, 2.75) is 44.2 Å². The molecule has 1 aliphatic rings. The number of nitrogens with one attached hydrogen (secondary N) is 3. The van der Waals surface area contributed by atoms with Gasteiger partial charge < -0.3 is 10.6 Å². The topological polar surface area (TPSA) is 87.3 Å². The molecule has 0 spiro atoms. The molecule has 128 valence electrons. The molecule has 2 rings (SSSR count). The summed E-state index contributed by atoms with van der Waals surface area (Å²) in [7, 11) is -3.43. The van der Waals surface area contributed by atoms with Crippen LogP contribution in [0.4, 0.5) is 0 Å². The van der Waals surface area contributed by atoms with Crippen LogP contribution in [0.15, 0.2) is 29.2 Å². The molecule has 0 aromatic heterocycles. The highest BCUT2D eigenvalue weighted by atomic mass is 32.2. The Balaban J connectivity index is 1.90. The van der Waals surface area contributed by atoms with Gasteiger partial charge in [-0.2, -0.15) is 0 Å². The van der Waals surface area contributed by atoms with Gasteiger partial charge in [-0.25, -0.2) is 13.1 Å². The van der Waals surface area contributed by atoms with Crippen LogP contribution in [-0.2, 0) is 21.4 Å². The number of hydrogen-bond acceptors (Lipinski definition) is 4. The van der Waals surface area contributed by atoms with E-state index in [-0.39, 0.29) is 16.7 Å². The zero-order valence-electron chi connectivity index (χ0n) is 13.6. The first-order valence-electron chi connectivity index (χ1n) is 8.02. The van der Waals surface area contributed by atoms with Gasteiger partial charge in [-0.15, -0.1) is 0 Å². The Labute approximate surface area is 138 Å². The van der Waals surface area contributed by atoms with Gasteiger partial charge in [-0.3, -0.25) is 4.79 Å². The molecule has 0 radical (unpaired) electrons. The van der Waals surface area contributed by atoms with Crippen molar-refractivity contribution >= 4 is 15.9 Å². The van der Waals surface area contributed by atoms with E-state index >= 15 is 0 Å². The zero-order valence-corrected chi connectivity index (χ0v) is 14.4. The van der Waals surface area contributed by atoms with Crippen LogP contribution >= 0.6 is 0 Å². The molecule has 0 bridgehead atoms. The number of rotatable bonds is 6. The second kappa shape index (κ2) is 7.90. The van der Waals surface area contributed by atoms with Crippen LogP contribution in [0.1, 0.15) is 32.3 Å². The van der Waals surface area contributed by atoms with Crippen LogP contribution in [0.2, 0.25) is 0 Å². The van der Waals surface area contributed by atoms with Gasteiger partial charge in [-0.1, -0.05) is 19.1 Å². The third kappa shape index (κ3) is 5.02. The minimum absolute atomic E-state index is 0.0552. The highest BCUT2D eigenvalue weighted by Gasteiger charge is 2.24. The number of sulfonamides is 1. The van der Waals surface area contributed by atoms with E-state index in [0.717, 1.165) is 24.9 Å². The van der Waals surface area contributed by atoms with E-state index in [1.54, 1.807) is 31.2 Å². The van der Waals surface area contributed by atoms with E-state index in [0.29, 0.717) is 19.1 Å². The highest BCUT2D eigenvalue weighted by molar-refractivity contribution is 7.89. The molecule has 1 aromatic rings. The standard InChI is InChI=1S/C16H25N3O3S/c1-3-19-23(21,22)15-6-4-13(5-7-15)11-18-16(20)14-8-9-17-12(2)10-14/h4-7,12,14,17,19H,3,8-11H2,1-2H3,(H,18,20)/t12-,14-/m0/s1. The maximum Gasteiger partial charge on any atom is 0.240 e. The molecule has 6 nitrogen and oxygen atoms in total. The molecule has 7 heteroatoms. The first-order valence-corrected chi connectivity index (χ1v) is 9.50. The Hall–Kier alpha value is -1.44. The fourth-order valence-electron chi connectivity index (χ4n) is 2.76. The number of carbonyl (C=O) groups excluding carboxylic acids is 1. The lowest BCUT2D eigenvalue weighted by atomic mass is 9.92. The number of piperidine rings is 1. The summed E-state index contributed by atoms with van der Waals surface area (Å²) >= 11 is 0. The number of carbonyl (C=O) groups is 1. The molecular formula is C16H25N3O3S. The molecule has 1 amide bonds. The molecule has 2 atom stereocenters. The molecule has 0 aliphatic carbocycles. The number of benzene rings is 1. The molecular weight excluding hydrogens is 314 g/mol. The molecule has 23 heavy (non-hydrogen) atoms. The van der Waals surface area contributed by atoms with Crippen molar-refractivity contribution in [1.82, 2.24) is 15.4 Å². The summed E-state index contributed by atoms with van der Waals surface area (Å²) < 4.78 is 26.2. The van der Waals surface area contributed by atoms with Crippen LogP contribution in [0.5, 0.6) is 0 Å². The average Bonchev–Trinajstić information content (AvgIpc) is 2.53. The van der Waals surface area contributed by atoms with Crippen molar-refractivity contribution in [1.29, 1.82) is 0 Å². The largest absolute Gasteiger partial charge is 0.352 e. The van der Waals surface area contributed by atoms with E-state index in [4.69, 9.17) is 0 Å². The van der Waals surface area contributed by atoms with Crippen LogP contribution in [0.25, 0.3) is 0 Å².